The van der Waals surface area contributed by atoms with Gasteiger partial charge in [0.05, 0.1) is 0 Å². The quantitative estimate of drug-likeness (QED) is 0.769. The van der Waals surface area contributed by atoms with E-state index in [4.69, 9.17) is 11.6 Å². The molecule has 0 spiro atoms. The Labute approximate surface area is 115 Å². The molecule has 18 heavy (non-hydrogen) atoms. The maximum Gasteiger partial charge on any atom is 0.133 e. The van der Waals surface area contributed by atoms with Gasteiger partial charge in [-0.25, -0.2) is 4.98 Å². The lowest BCUT2D eigenvalue weighted by molar-refractivity contribution is 0.264. The smallest absolute Gasteiger partial charge is 0.133 e. The van der Waals surface area contributed by atoms with E-state index in [9.17, 15) is 0 Å². The van der Waals surface area contributed by atoms with Crippen LogP contribution in [0.2, 0.25) is 5.15 Å². The van der Waals surface area contributed by atoms with Crippen LogP contribution in [0.3, 0.4) is 0 Å². The highest BCUT2D eigenvalue weighted by Gasteiger charge is 2.19. The molecule has 1 saturated heterocycles. The van der Waals surface area contributed by atoms with Crippen LogP contribution in [0.5, 0.6) is 0 Å². The lowest BCUT2D eigenvalue weighted by Crippen LogP contribution is -2.24. The molecule has 0 bridgehead atoms. The summed E-state index contributed by atoms with van der Waals surface area (Å²) in [6, 6.07) is 4.05. The lowest BCUT2D eigenvalue weighted by atomic mass is 9.89. The summed E-state index contributed by atoms with van der Waals surface area (Å²) in [5.41, 5.74) is 1.15. The summed E-state index contributed by atoms with van der Waals surface area (Å²) >= 11 is 6.13. The van der Waals surface area contributed by atoms with Crippen LogP contribution in [0.4, 0.5) is 0 Å². The average molecular weight is 267 g/mol. The van der Waals surface area contributed by atoms with Crippen LogP contribution in [0, 0.1) is 11.8 Å². The molecule has 1 aliphatic heterocycles. The number of halogens is 1. The van der Waals surface area contributed by atoms with Crippen LogP contribution in [-0.4, -0.2) is 23.0 Å². The fourth-order valence-electron chi connectivity index (χ4n) is 2.78. The maximum atomic E-state index is 6.13. The van der Waals surface area contributed by atoms with Crippen molar-refractivity contribution in [2.24, 2.45) is 11.8 Å². The zero-order valence-electron chi connectivity index (χ0n) is 11.4. The third kappa shape index (κ3) is 3.69. The molecular weight excluding hydrogens is 244 g/mol. The largest absolute Gasteiger partial charge is 0.299 e. The topological polar surface area (TPSA) is 16.1 Å². The van der Waals surface area contributed by atoms with Gasteiger partial charge in [0.1, 0.15) is 5.15 Å². The van der Waals surface area contributed by atoms with Crippen molar-refractivity contribution in [2.45, 2.75) is 39.7 Å². The van der Waals surface area contributed by atoms with E-state index in [1.807, 2.05) is 6.07 Å². The first-order chi connectivity index (χ1) is 8.66. The Morgan fingerprint density at radius 1 is 1.39 bits per heavy atom. The SMILES string of the molecule is CC(C)C1CCCN(Cc2cccnc2Cl)CC1. The average Bonchev–Trinajstić information content (AvgIpc) is 2.58. The van der Waals surface area contributed by atoms with Gasteiger partial charge in [0.2, 0.25) is 0 Å². The molecule has 2 heterocycles. The molecule has 1 aromatic heterocycles. The molecule has 2 rings (SSSR count). The summed E-state index contributed by atoms with van der Waals surface area (Å²) in [6.45, 7) is 8.01. The van der Waals surface area contributed by atoms with E-state index in [0.29, 0.717) is 5.15 Å². The molecule has 0 radical (unpaired) electrons. The van der Waals surface area contributed by atoms with Crippen molar-refractivity contribution in [1.82, 2.24) is 9.88 Å². The van der Waals surface area contributed by atoms with E-state index < -0.39 is 0 Å². The van der Waals surface area contributed by atoms with Gasteiger partial charge in [-0.3, -0.25) is 4.90 Å². The summed E-state index contributed by atoms with van der Waals surface area (Å²) in [5, 5.41) is 0.655. The highest BCUT2D eigenvalue weighted by molar-refractivity contribution is 6.30. The standard InChI is InChI=1S/C15H23ClN2/c1-12(2)13-6-4-9-18(10-7-13)11-14-5-3-8-17-15(14)16/h3,5,8,12-13H,4,6-7,9-11H2,1-2H3. The van der Waals surface area contributed by atoms with Crippen LogP contribution in [0.15, 0.2) is 18.3 Å². The minimum atomic E-state index is 0.655. The van der Waals surface area contributed by atoms with Gasteiger partial charge >= 0.3 is 0 Å². The van der Waals surface area contributed by atoms with Gasteiger partial charge in [-0.2, -0.15) is 0 Å². The van der Waals surface area contributed by atoms with Crippen LogP contribution < -0.4 is 0 Å². The second-order valence-electron chi connectivity index (χ2n) is 5.66. The fraction of sp³-hybridized carbons (Fsp3) is 0.667. The number of hydrogen-bond acceptors (Lipinski definition) is 2. The van der Waals surface area contributed by atoms with E-state index >= 15 is 0 Å². The molecule has 100 valence electrons. The van der Waals surface area contributed by atoms with Gasteiger partial charge in [-0.05, 0) is 50.3 Å². The van der Waals surface area contributed by atoms with Crippen molar-refractivity contribution in [1.29, 1.82) is 0 Å². The summed E-state index contributed by atoms with van der Waals surface area (Å²) in [4.78, 5) is 6.67. The highest BCUT2D eigenvalue weighted by atomic mass is 35.5. The minimum Gasteiger partial charge on any atom is -0.299 e. The zero-order chi connectivity index (χ0) is 13.0. The first kappa shape index (κ1) is 13.8. The Hall–Kier alpha value is -0.600. The van der Waals surface area contributed by atoms with Gasteiger partial charge in [-0.1, -0.05) is 31.5 Å². The predicted octanol–water partition coefficient (Wildman–Crippen LogP) is 3.99. The first-order valence-electron chi connectivity index (χ1n) is 6.98. The lowest BCUT2D eigenvalue weighted by Gasteiger charge is -2.21. The first-order valence-corrected chi connectivity index (χ1v) is 7.36. The van der Waals surface area contributed by atoms with Crippen LogP contribution in [0.1, 0.15) is 38.7 Å². The number of hydrogen-bond donors (Lipinski definition) is 0. The monoisotopic (exact) mass is 266 g/mol. The second-order valence-corrected chi connectivity index (χ2v) is 6.02. The molecule has 1 aromatic rings. The van der Waals surface area contributed by atoms with Crippen molar-refractivity contribution in [3.05, 3.63) is 29.0 Å². The van der Waals surface area contributed by atoms with Crippen molar-refractivity contribution in [3.8, 4) is 0 Å². The summed E-state index contributed by atoms with van der Waals surface area (Å²) in [6.07, 6.45) is 5.74. The van der Waals surface area contributed by atoms with Crippen LogP contribution >= 0.6 is 11.6 Å². The molecule has 0 N–H and O–H groups in total. The fourth-order valence-corrected chi connectivity index (χ4v) is 2.96. The number of likely N-dealkylation sites (tertiary alicyclic amines) is 1. The zero-order valence-corrected chi connectivity index (χ0v) is 12.2. The maximum absolute atomic E-state index is 6.13. The van der Waals surface area contributed by atoms with Crippen molar-refractivity contribution in [3.63, 3.8) is 0 Å². The van der Waals surface area contributed by atoms with E-state index in [0.717, 1.165) is 23.9 Å². The number of rotatable bonds is 3. The van der Waals surface area contributed by atoms with Crippen molar-refractivity contribution >= 4 is 11.6 Å². The van der Waals surface area contributed by atoms with Gasteiger partial charge in [0, 0.05) is 18.3 Å². The van der Waals surface area contributed by atoms with Crippen LogP contribution in [-0.2, 0) is 6.54 Å². The number of aromatic nitrogens is 1. The van der Waals surface area contributed by atoms with Crippen molar-refractivity contribution < 1.29 is 0 Å². The number of pyridine rings is 1. The van der Waals surface area contributed by atoms with Gasteiger partial charge in [-0.15, -0.1) is 0 Å². The van der Waals surface area contributed by atoms with E-state index in [-0.39, 0.29) is 0 Å². The summed E-state index contributed by atoms with van der Waals surface area (Å²) in [7, 11) is 0. The molecule has 1 unspecified atom stereocenters. The third-order valence-electron chi connectivity index (χ3n) is 4.04. The summed E-state index contributed by atoms with van der Waals surface area (Å²) < 4.78 is 0. The molecule has 3 heteroatoms. The van der Waals surface area contributed by atoms with E-state index in [2.05, 4.69) is 29.8 Å². The van der Waals surface area contributed by atoms with Crippen molar-refractivity contribution in [2.75, 3.05) is 13.1 Å². The molecule has 0 amide bonds. The molecule has 1 aliphatic rings. The Morgan fingerprint density at radius 3 is 2.94 bits per heavy atom. The molecule has 1 fully saturated rings. The molecule has 0 saturated carbocycles. The van der Waals surface area contributed by atoms with Gasteiger partial charge in [0.25, 0.3) is 0 Å². The Morgan fingerprint density at radius 2 is 2.22 bits per heavy atom. The summed E-state index contributed by atoms with van der Waals surface area (Å²) in [5.74, 6) is 1.70. The second kappa shape index (κ2) is 6.53. The van der Waals surface area contributed by atoms with Gasteiger partial charge < -0.3 is 0 Å². The Bertz CT molecular complexity index is 379. The van der Waals surface area contributed by atoms with E-state index in [1.165, 1.54) is 32.4 Å². The molecular formula is C15H23ClN2. The van der Waals surface area contributed by atoms with E-state index in [1.54, 1.807) is 6.20 Å². The van der Waals surface area contributed by atoms with Gasteiger partial charge in [0.15, 0.2) is 0 Å². The predicted molar refractivity (Wildman–Crippen MR) is 76.7 cm³/mol. The van der Waals surface area contributed by atoms with Crippen LogP contribution in [0.25, 0.3) is 0 Å². The molecule has 1 atom stereocenters. The Balaban J connectivity index is 1.93. The molecule has 0 aliphatic carbocycles. The molecule has 2 nitrogen and oxygen atoms in total. The third-order valence-corrected chi connectivity index (χ3v) is 4.38. The minimum absolute atomic E-state index is 0.655. The Kier molecular flexibility index (Phi) is 5.02. The normalized spacial score (nSPS) is 22.1. The molecule has 0 aromatic carbocycles. The number of nitrogens with zero attached hydrogens (tertiary/aromatic N) is 2. The highest BCUT2D eigenvalue weighted by Crippen LogP contribution is 2.25.